The fourth-order valence-electron chi connectivity index (χ4n) is 3.02. The van der Waals surface area contributed by atoms with Crippen molar-refractivity contribution in [2.45, 2.75) is 63.3 Å². The second-order valence-electron chi connectivity index (χ2n) is 6.80. The van der Waals surface area contributed by atoms with Crippen LogP contribution in [-0.4, -0.2) is 38.3 Å². The zero-order valence-corrected chi connectivity index (χ0v) is 16.6. The number of hydrogen-bond acceptors (Lipinski definition) is 3. The first-order chi connectivity index (χ1) is 12.5. The van der Waals surface area contributed by atoms with E-state index in [1.165, 1.54) is 19.3 Å². The summed E-state index contributed by atoms with van der Waals surface area (Å²) in [5.41, 5.74) is 6.81. The van der Waals surface area contributed by atoms with E-state index >= 15 is 0 Å². The van der Waals surface area contributed by atoms with E-state index in [0.717, 1.165) is 37.8 Å². The average molecular weight is 381 g/mol. The first kappa shape index (κ1) is 20.7. The number of benzene rings is 1. The minimum Gasteiger partial charge on any atom is -0.370 e. The molecule has 7 heteroatoms. The fourth-order valence-corrected chi connectivity index (χ4v) is 4.54. The van der Waals surface area contributed by atoms with Crippen LogP contribution in [0.2, 0.25) is 0 Å². The number of nitrogens with zero attached hydrogens (tertiary/aromatic N) is 2. The van der Waals surface area contributed by atoms with E-state index in [1.807, 2.05) is 12.1 Å². The van der Waals surface area contributed by atoms with Crippen LogP contribution in [0.4, 0.5) is 0 Å². The third kappa shape index (κ3) is 6.29. The first-order valence-corrected chi connectivity index (χ1v) is 11.1. The molecule has 1 fully saturated rings. The smallest absolute Gasteiger partial charge is 0.243 e. The lowest BCUT2D eigenvalue weighted by atomic mass is 10.2. The molecule has 6 nitrogen and oxygen atoms in total. The molecule has 0 radical (unpaired) electrons. The van der Waals surface area contributed by atoms with Crippen LogP contribution in [0.1, 0.15) is 57.4 Å². The van der Waals surface area contributed by atoms with Crippen molar-refractivity contribution in [3.63, 3.8) is 0 Å². The molecule has 3 N–H and O–H groups in total. The van der Waals surface area contributed by atoms with Crippen molar-refractivity contribution in [3.8, 4) is 0 Å². The Morgan fingerprint density at radius 2 is 1.81 bits per heavy atom. The third-order valence-corrected chi connectivity index (χ3v) is 6.56. The lowest BCUT2D eigenvalue weighted by molar-refractivity contribution is 0.346. The van der Waals surface area contributed by atoms with Gasteiger partial charge >= 0.3 is 0 Å². The molecule has 1 aliphatic heterocycles. The Bertz CT molecular complexity index is 665. The summed E-state index contributed by atoms with van der Waals surface area (Å²) >= 11 is 0. The molecular formula is C19H32N4O2S. The van der Waals surface area contributed by atoms with E-state index in [0.29, 0.717) is 30.5 Å². The van der Waals surface area contributed by atoms with Crippen molar-refractivity contribution < 1.29 is 8.42 Å². The van der Waals surface area contributed by atoms with Gasteiger partial charge in [-0.1, -0.05) is 44.7 Å². The number of sulfonamides is 1. The quantitative estimate of drug-likeness (QED) is 0.392. The van der Waals surface area contributed by atoms with E-state index in [1.54, 1.807) is 16.4 Å². The molecular weight excluding hydrogens is 348 g/mol. The predicted octanol–water partition coefficient (Wildman–Crippen LogP) is 2.85. The molecule has 0 aromatic heterocycles. The van der Waals surface area contributed by atoms with Crippen molar-refractivity contribution >= 4 is 16.0 Å². The monoisotopic (exact) mass is 380 g/mol. The molecule has 0 bridgehead atoms. The predicted molar refractivity (Wildman–Crippen MR) is 107 cm³/mol. The molecule has 0 spiro atoms. The van der Waals surface area contributed by atoms with Crippen LogP contribution in [0, 0.1) is 0 Å². The SMILES string of the molecule is CCCCCCNC(N)=NCc1ccc(S(=O)(=O)N2CCCCC2)cc1. The maximum absolute atomic E-state index is 12.6. The number of unbranched alkanes of at least 4 members (excludes halogenated alkanes) is 3. The van der Waals surface area contributed by atoms with Crippen LogP contribution in [0.15, 0.2) is 34.2 Å². The van der Waals surface area contributed by atoms with Gasteiger partial charge in [-0.05, 0) is 37.0 Å². The fraction of sp³-hybridized carbons (Fsp3) is 0.632. The molecule has 0 atom stereocenters. The second-order valence-corrected chi connectivity index (χ2v) is 8.74. The molecule has 0 unspecified atom stereocenters. The Morgan fingerprint density at radius 1 is 1.12 bits per heavy atom. The van der Waals surface area contributed by atoms with Gasteiger partial charge in [-0.2, -0.15) is 4.31 Å². The van der Waals surface area contributed by atoms with Crippen molar-refractivity contribution in [2.75, 3.05) is 19.6 Å². The van der Waals surface area contributed by atoms with Gasteiger partial charge in [-0.15, -0.1) is 0 Å². The summed E-state index contributed by atoms with van der Waals surface area (Å²) in [5.74, 6) is 0.437. The summed E-state index contributed by atoms with van der Waals surface area (Å²) in [5, 5.41) is 3.12. The molecule has 1 aromatic rings. The van der Waals surface area contributed by atoms with Gasteiger partial charge in [0.1, 0.15) is 0 Å². The maximum atomic E-state index is 12.6. The van der Waals surface area contributed by atoms with Gasteiger partial charge in [0.05, 0.1) is 11.4 Å². The number of guanidine groups is 1. The van der Waals surface area contributed by atoms with E-state index in [2.05, 4.69) is 17.2 Å². The van der Waals surface area contributed by atoms with E-state index < -0.39 is 10.0 Å². The zero-order valence-electron chi connectivity index (χ0n) is 15.8. The average Bonchev–Trinajstić information content (AvgIpc) is 2.67. The lowest BCUT2D eigenvalue weighted by Gasteiger charge is -2.25. The van der Waals surface area contributed by atoms with Gasteiger partial charge in [0, 0.05) is 19.6 Å². The minimum atomic E-state index is -3.37. The number of nitrogens with two attached hydrogens (primary N) is 1. The molecule has 26 heavy (non-hydrogen) atoms. The Labute approximate surface area is 157 Å². The molecule has 0 saturated carbocycles. The summed E-state index contributed by atoms with van der Waals surface area (Å²) in [6, 6.07) is 6.97. The Hall–Kier alpha value is -1.60. The minimum absolute atomic E-state index is 0.356. The summed E-state index contributed by atoms with van der Waals surface area (Å²) < 4.78 is 26.8. The van der Waals surface area contributed by atoms with E-state index in [-0.39, 0.29) is 0 Å². The van der Waals surface area contributed by atoms with Crippen molar-refractivity contribution in [1.29, 1.82) is 0 Å². The summed E-state index contributed by atoms with van der Waals surface area (Å²) in [6.07, 6.45) is 7.74. The summed E-state index contributed by atoms with van der Waals surface area (Å²) in [7, 11) is -3.37. The van der Waals surface area contributed by atoms with Gasteiger partial charge < -0.3 is 11.1 Å². The van der Waals surface area contributed by atoms with Gasteiger partial charge in [0.15, 0.2) is 5.96 Å². The largest absolute Gasteiger partial charge is 0.370 e. The molecule has 0 amide bonds. The molecule has 1 aliphatic rings. The topological polar surface area (TPSA) is 87.8 Å². The molecule has 1 heterocycles. The maximum Gasteiger partial charge on any atom is 0.243 e. The summed E-state index contributed by atoms with van der Waals surface area (Å²) in [4.78, 5) is 4.67. The molecule has 1 saturated heterocycles. The van der Waals surface area contributed by atoms with Gasteiger partial charge in [-0.25, -0.2) is 13.4 Å². The molecule has 2 rings (SSSR count). The number of piperidine rings is 1. The standard InChI is InChI=1S/C19H32N4O2S/c1-2-3-4-6-13-21-19(20)22-16-17-9-11-18(12-10-17)26(24,25)23-14-7-5-8-15-23/h9-12H,2-8,13-16H2,1H3,(H3,20,21,22). The zero-order chi connectivity index (χ0) is 18.8. The summed E-state index contributed by atoms with van der Waals surface area (Å²) in [6.45, 7) is 4.70. The van der Waals surface area contributed by atoms with E-state index in [9.17, 15) is 8.42 Å². The van der Waals surface area contributed by atoms with Crippen LogP contribution >= 0.6 is 0 Å². The van der Waals surface area contributed by atoms with E-state index in [4.69, 9.17) is 5.73 Å². The lowest BCUT2D eigenvalue weighted by Crippen LogP contribution is -2.35. The normalized spacial score (nSPS) is 16.6. The number of nitrogens with one attached hydrogen (secondary N) is 1. The highest BCUT2D eigenvalue weighted by Gasteiger charge is 2.25. The van der Waals surface area contributed by atoms with Crippen molar-refractivity contribution in [3.05, 3.63) is 29.8 Å². The van der Waals surface area contributed by atoms with Gasteiger partial charge in [0.25, 0.3) is 0 Å². The molecule has 146 valence electrons. The Morgan fingerprint density at radius 3 is 2.46 bits per heavy atom. The van der Waals surface area contributed by atoms with Gasteiger partial charge in [-0.3, -0.25) is 0 Å². The Kier molecular flexibility index (Phi) is 8.38. The number of hydrogen-bond donors (Lipinski definition) is 2. The molecule has 0 aliphatic carbocycles. The van der Waals surface area contributed by atoms with Crippen LogP contribution in [0.3, 0.4) is 0 Å². The van der Waals surface area contributed by atoms with Crippen molar-refractivity contribution in [1.82, 2.24) is 9.62 Å². The highest BCUT2D eigenvalue weighted by atomic mass is 32.2. The van der Waals surface area contributed by atoms with Gasteiger partial charge in [0.2, 0.25) is 10.0 Å². The molecule has 1 aromatic carbocycles. The Balaban J connectivity index is 1.85. The highest BCUT2D eigenvalue weighted by Crippen LogP contribution is 2.21. The van der Waals surface area contributed by atoms with Crippen LogP contribution < -0.4 is 11.1 Å². The van der Waals surface area contributed by atoms with Crippen LogP contribution in [-0.2, 0) is 16.6 Å². The second kappa shape index (κ2) is 10.5. The van der Waals surface area contributed by atoms with Crippen molar-refractivity contribution in [2.24, 2.45) is 10.7 Å². The number of aliphatic imine (C=N–C) groups is 1. The first-order valence-electron chi connectivity index (χ1n) is 9.67. The third-order valence-electron chi connectivity index (χ3n) is 4.64. The van der Waals surface area contributed by atoms with Crippen LogP contribution in [0.25, 0.3) is 0 Å². The highest BCUT2D eigenvalue weighted by molar-refractivity contribution is 7.89. The number of rotatable bonds is 9. The van der Waals surface area contributed by atoms with Crippen LogP contribution in [0.5, 0.6) is 0 Å².